The van der Waals surface area contributed by atoms with Crippen molar-refractivity contribution in [3.05, 3.63) is 35.5 Å². The highest BCUT2D eigenvalue weighted by Crippen LogP contribution is 2.17. The van der Waals surface area contributed by atoms with Gasteiger partial charge in [-0.3, -0.25) is 4.79 Å². The second kappa shape index (κ2) is 5.53. The van der Waals surface area contributed by atoms with Gasteiger partial charge in [0.25, 0.3) is 5.91 Å². The van der Waals surface area contributed by atoms with Crippen LogP contribution in [0.4, 0.5) is 0 Å². The van der Waals surface area contributed by atoms with Crippen molar-refractivity contribution in [1.29, 1.82) is 0 Å². The monoisotopic (exact) mass is 289 g/mol. The topological polar surface area (TPSA) is 147 Å². The van der Waals surface area contributed by atoms with E-state index in [0.29, 0.717) is 16.5 Å². The summed E-state index contributed by atoms with van der Waals surface area (Å²) in [4.78, 5) is 29.5. The summed E-state index contributed by atoms with van der Waals surface area (Å²) in [7, 11) is 0. The first kappa shape index (κ1) is 14.4. The molecule has 7 N–H and O–H groups in total. The number of carboxylic acid groups (broad SMARTS) is 1. The molecule has 2 rings (SSSR count). The van der Waals surface area contributed by atoms with E-state index >= 15 is 0 Å². The van der Waals surface area contributed by atoms with Crippen LogP contribution in [-0.2, 0) is 0 Å². The number of rotatable bonds is 4. The minimum Gasteiger partial charge on any atom is -0.477 e. The molecule has 1 atom stereocenters. The number of aromatic amines is 1. The summed E-state index contributed by atoms with van der Waals surface area (Å²) in [5.74, 6) is -1.53. The number of benzene rings is 1. The molecule has 8 heteroatoms. The standard InChI is InChI=1S/C13H15N5O3/c1-6(17-13(14)15)16-11(19)7-2-3-9-8(4-7)5-10(18-9)12(20)21/h2-6,18H,1H3,(H,16,19)(H,20,21)(H4,14,15,17). The second-order valence-electron chi connectivity index (χ2n) is 4.49. The predicted molar refractivity (Wildman–Crippen MR) is 78.0 cm³/mol. The van der Waals surface area contributed by atoms with Crippen molar-refractivity contribution in [1.82, 2.24) is 10.3 Å². The van der Waals surface area contributed by atoms with Crippen LogP contribution >= 0.6 is 0 Å². The fourth-order valence-corrected chi connectivity index (χ4v) is 1.92. The average Bonchev–Trinajstić information content (AvgIpc) is 2.80. The molecule has 0 fully saturated rings. The van der Waals surface area contributed by atoms with Crippen molar-refractivity contribution in [2.75, 3.05) is 0 Å². The van der Waals surface area contributed by atoms with Crippen molar-refractivity contribution in [2.45, 2.75) is 13.1 Å². The number of fused-ring (bicyclic) bond motifs is 1. The second-order valence-corrected chi connectivity index (χ2v) is 4.49. The van der Waals surface area contributed by atoms with Gasteiger partial charge in [0.05, 0.1) is 0 Å². The number of carbonyl (C=O) groups excluding carboxylic acids is 1. The number of nitrogens with two attached hydrogens (primary N) is 2. The predicted octanol–water partition coefficient (Wildman–Crippen LogP) is 0.215. The minimum atomic E-state index is -1.06. The van der Waals surface area contributed by atoms with Crippen LogP contribution in [0.25, 0.3) is 10.9 Å². The molecule has 1 aromatic heterocycles. The first-order chi connectivity index (χ1) is 9.86. The van der Waals surface area contributed by atoms with Crippen LogP contribution < -0.4 is 16.8 Å². The smallest absolute Gasteiger partial charge is 0.352 e. The van der Waals surface area contributed by atoms with Gasteiger partial charge in [0.15, 0.2) is 5.96 Å². The first-order valence-electron chi connectivity index (χ1n) is 6.12. The molecule has 0 aliphatic rings. The molecule has 110 valence electrons. The zero-order valence-electron chi connectivity index (χ0n) is 11.3. The number of nitrogens with zero attached hydrogens (tertiary/aromatic N) is 1. The van der Waals surface area contributed by atoms with Crippen LogP contribution in [0.15, 0.2) is 29.3 Å². The maximum atomic E-state index is 12.0. The van der Waals surface area contributed by atoms with Crippen LogP contribution in [-0.4, -0.2) is 34.1 Å². The molecule has 0 radical (unpaired) electrons. The molecule has 1 aromatic carbocycles. The highest BCUT2D eigenvalue weighted by molar-refractivity contribution is 6.00. The summed E-state index contributed by atoms with van der Waals surface area (Å²) < 4.78 is 0. The number of aromatic carboxylic acids is 1. The Balaban J connectivity index is 2.24. The number of H-pyrrole nitrogens is 1. The Hall–Kier alpha value is -3.03. The normalized spacial score (nSPS) is 11.9. The largest absolute Gasteiger partial charge is 0.477 e. The highest BCUT2D eigenvalue weighted by Gasteiger charge is 2.12. The molecule has 1 heterocycles. The van der Waals surface area contributed by atoms with Crippen molar-refractivity contribution < 1.29 is 14.7 Å². The first-order valence-corrected chi connectivity index (χ1v) is 6.12. The molecule has 1 amide bonds. The van der Waals surface area contributed by atoms with Crippen molar-refractivity contribution in [3.8, 4) is 0 Å². The Labute approximate surface area is 119 Å². The molecule has 0 saturated carbocycles. The van der Waals surface area contributed by atoms with E-state index < -0.39 is 12.1 Å². The Bertz CT molecular complexity index is 730. The van der Waals surface area contributed by atoms with E-state index in [4.69, 9.17) is 16.6 Å². The number of carboxylic acids is 1. The van der Waals surface area contributed by atoms with E-state index in [2.05, 4.69) is 15.3 Å². The van der Waals surface area contributed by atoms with E-state index in [-0.39, 0.29) is 17.6 Å². The van der Waals surface area contributed by atoms with Crippen molar-refractivity contribution >= 4 is 28.7 Å². The third kappa shape index (κ3) is 3.30. The number of guanidine groups is 1. The molecule has 0 spiro atoms. The lowest BCUT2D eigenvalue weighted by molar-refractivity contribution is 0.0691. The molecular formula is C13H15N5O3. The van der Waals surface area contributed by atoms with Crippen LogP contribution in [0.2, 0.25) is 0 Å². The molecule has 8 nitrogen and oxygen atoms in total. The number of hydrogen-bond acceptors (Lipinski definition) is 3. The zero-order valence-corrected chi connectivity index (χ0v) is 11.3. The number of hydrogen-bond donors (Lipinski definition) is 5. The fourth-order valence-electron chi connectivity index (χ4n) is 1.92. The maximum absolute atomic E-state index is 12.0. The van der Waals surface area contributed by atoms with Gasteiger partial charge in [-0.15, -0.1) is 0 Å². The molecule has 0 saturated heterocycles. The molecule has 2 aromatic rings. The van der Waals surface area contributed by atoms with Crippen LogP contribution in [0, 0.1) is 0 Å². The van der Waals surface area contributed by atoms with Gasteiger partial charge in [0.1, 0.15) is 11.9 Å². The molecule has 0 aliphatic heterocycles. The number of nitrogens with one attached hydrogen (secondary N) is 2. The average molecular weight is 289 g/mol. The van der Waals surface area contributed by atoms with Gasteiger partial charge in [-0.2, -0.15) is 0 Å². The summed E-state index contributed by atoms with van der Waals surface area (Å²) in [6, 6.07) is 6.29. The van der Waals surface area contributed by atoms with E-state index in [1.807, 2.05) is 0 Å². The van der Waals surface area contributed by atoms with Crippen LogP contribution in [0.1, 0.15) is 27.8 Å². The summed E-state index contributed by atoms with van der Waals surface area (Å²) in [5.41, 5.74) is 11.6. The Morgan fingerprint density at radius 3 is 2.67 bits per heavy atom. The lowest BCUT2D eigenvalue weighted by Crippen LogP contribution is -2.35. The van der Waals surface area contributed by atoms with E-state index in [1.165, 1.54) is 6.07 Å². The van der Waals surface area contributed by atoms with Crippen molar-refractivity contribution in [2.24, 2.45) is 16.5 Å². The number of aliphatic imine (C=N–C) groups is 1. The summed E-state index contributed by atoms with van der Waals surface area (Å²) in [5, 5.41) is 12.2. The lowest BCUT2D eigenvalue weighted by atomic mass is 10.1. The summed E-state index contributed by atoms with van der Waals surface area (Å²) in [6.07, 6.45) is -0.556. The van der Waals surface area contributed by atoms with Gasteiger partial charge in [-0.05, 0) is 31.2 Å². The van der Waals surface area contributed by atoms with Gasteiger partial charge < -0.3 is 26.9 Å². The van der Waals surface area contributed by atoms with Gasteiger partial charge in [-0.25, -0.2) is 9.79 Å². The Morgan fingerprint density at radius 1 is 1.33 bits per heavy atom. The third-order valence-corrected chi connectivity index (χ3v) is 2.80. The number of carbonyl (C=O) groups is 2. The van der Waals surface area contributed by atoms with Crippen LogP contribution in [0.5, 0.6) is 0 Å². The molecule has 0 aliphatic carbocycles. The molecule has 1 unspecified atom stereocenters. The molecule has 0 bridgehead atoms. The van der Waals surface area contributed by atoms with Gasteiger partial charge in [0, 0.05) is 16.5 Å². The van der Waals surface area contributed by atoms with Gasteiger partial charge in [0.2, 0.25) is 0 Å². The molecular weight excluding hydrogens is 274 g/mol. The van der Waals surface area contributed by atoms with E-state index in [1.54, 1.807) is 25.1 Å². The van der Waals surface area contributed by atoms with E-state index in [9.17, 15) is 9.59 Å². The lowest BCUT2D eigenvalue weighted by Gasteiger charge is -2.09. The summed E-state index contributed by atoms with van der Waals surface area (Å²) in [6.45, 7) is 1.63. The quantitative estimate of drug-likeness (QED) is 0.403. The maximum Gasteiger partial charge on any atom is 0.352 e. The zero-order chi connectivity index (χ0) is 15.6. The van der Waals surface area contributed by atoms with Crippen molar-refractivity contribution in [3.63, 3.8) is 0 Å². The van der Waals surface area contributed by atoms with Gasteiger partial charge in [-0.1, -0.05) is 0 Å². The third-order valence-electron chi connectivity index (χ3n) is 2.80. The Kier molecular flexibility index (Phi) is 3.79. The van der Waals surface area contributed by atoms with Gasteiger partial charge >= 0.3 is 5.97 Å². The summed E-state index contributed by atoms with van der Waals surface area (Å²) >= 11 is 0. The highest BCUT2D eigenvalue weighted by atomic mass is 16.4. The number of amides is 1. The van der Waals surface area contributed by atoms with E-state index in [0.717, 1.165) is 0 Å². The fraction of sp³-hybridized carbons (Fsp3) is 0.154. The number of aromatic nitrogens is 1. The van der Waals surface area contributed by atoms with Crippen LogP contribution in [0.3, 0.4) is 0 Å². The SMILES string of the molecule is CC(N=C(N)N)NC(=O)c1ccc2[nH]c(C(=O)O)cc2c1. The minimum absolute atomic E-state index is 0.0661. The molecule has 21 heavy (non-hydrogen) atoms. The Morgan fingerprint density at radius 2 is 2.05 bits per heavy atom.